The lowest BCUT2D eigenvalue weighted by Gasteiger charge is -2.28. The Morgan fingerprint density at radius 3 is 2.50 bits per heavy atom. The number of benzene rings is 1. The summed E-state index contributed by atoms with van der Waals surface area (Å²) in [6.07, 6.45) is 2.84. The molecule has 1 fully saturated rings. The molecular weight excluding hydrogens is 302 g/mol. The van der Waals surface area contributed by atoms with E-state index in [9.17, 15) is 4.79 Å². The average Bonchev–Trinajstić information content (AvgIpc) is 3.02. The average molecular weight is 328 g/mol. The predicted molar refractivity (Wildman–Crippen MR) is 90.5 cm³/mol. The number of rotatable bonds is 7. The van der Waals surface area contributed by atoms with E-state index in [1.165, 1.54) is 18.4 Å². The highest BCUT2D eigenvalue weighted by Crippen LogP contribution is 2.26. The second-order valence-electron chi connectivity index (χ2n) is 5.37. The summed E-state index contributed by atoms with van der Waals surface area (Å²) in [4.78, 5) is 14.1. The molecule has 1 aromatic carbocycles. The van der Waals surface area contributed by atoms with E-state index in [2.05, 4.69) is 22.3 Å². The van der Waals surface area contributed by atoms with Crippen LogP contribution in [0, 0.1) is 0 Å². The number of ether oxygens (including phenoxy) is 1. The highest BCUT2D eigenvalue weighted by Gasteiger charge is 2.23. The zero-order valence-electron chi connectivity index (χ0n) is 13.1. The van der Waals surface area contributed by atoms with Crippen molar-refractivity contribution in [1.82, 2.24) is 10.2 Å². The van der Waals surface area contributed by atoms with Crippen LogP contribution in [0.4, 0.5) is 0 Å². The number of nitrogens with zero attached hydrogens (tertiary/aromatic N) is 1. The molecule has 3 N–H and O–H groups in total. The molecule has 0 aliphatic carbocycles. The van der Waals surface area contributed by atoms with E-state index in [1.54, 1.807) is 7.11 Å². The molecule has 0 spiro atoms. The zero-order valence-corrected chi connectivity index (χ0v) is 13.9. The molecule has 1 aromatic rings. The van der Waals surface area contributed by atoms with Crippen LogP contribution in [-0.4, -0.2) is 44.1 Å². The lowest BCUT2D eigenvalue weighted by Crippen LogP contribution is -2.37. The summed E-state index contributed by atoms with van der Waals surface area (Å²) >= 11 is 0. The van der Waals surface area contributed by atoms with Crippen molar-refractivity contribution in [2.75, 3.05) is 33.3 Å². The molecule has 2 rings (SSSR count). The quantitative estimate of drug-likeness (QED) is 0.800. The molecular formula is C16H26ClN3O2. The highest BCUT2D eigenvalue weighted by atomic mass is 35.5. The van der Waals surface area contributed by atoms with Crippen molar-refractivity contribution in [2.45, 2.75) is 25.3 Å². The monoisotopic (exact) mass is 327 g/mol. The minimum absolute atomic E-state index is 0. The summed E-state index contributed by atoms with van der Waals surface area (Å²) in [5, 5.41) is 3.00. The lowest BCUT2D eigenvalue weighted by molar-refractivity contribution is -0.121. The van der Waals surface area contributed by atoms with E-state index in [-0.39, 0.29) is 24.4 Å². The summed E-state index contributed by atoms with van der Waals surface area (Å²) in [5.41, 5.74) is 6.63. The van der Waals surface area contributed by atoms with Crippen molar-refractivity contribution < 1.29 is 9.53 Å². The van der Waals surface area contributed by atoms with Crippen molar-refractivity contribution in [1.29, 1.82) is 0 Å². The molecule has 5 nitrogen and oxygen atoms in total. The van der Waals surface area contributed by atoms with Gasteiger partial charge in [0.15, 0.2) is 0 Å². The molecule has 1 unspecified atom stereocenters. The van der Waals surface area contributed by atoms with Gasteiger partial charge in [0.1, 0.15) is 5.75 Å². The third-order valence-corrected chi connectivity index (χ3v) is 3.95. The molecule has 1 heterocycles. The van der Waals surface area contributed by atoms with Crippen LogP contribution in [0.2, 0.25) is 0 Å². The maximum atomic E-state index is 11.7. The summed E-state index contributed by atoms with van der Waals surface area (Å²) in [7, 11) is 1.67. The molecule has 6 heteroatoms. The third kappa shape index (κ3) is 5.16. The summed E-state index contributed by atoms with van der Waals surface area (Å²) < 4.78 is 5.21. The Balaban J connectivity index is 0.00000242. The van der Waals surface area contributed by atoms with Crippen molar-refractivity contribution >= 4 is 18.3 Å². The molecule has 124 valence electrons. The van der Waals surface area contributed by atoms with Crippen LogP contribution >= 0.6 is 12.4 Å². The van der Waals surface area contributed by atoms with E-state index >= 15 is 0 Å². The summed E-state index contributed by atoms with van der Waals surface area (Å²) in [6, 6.07) is 8.33. The normalized spacial score (nSPS) is 15.9. The topological polar surface area (TPSA) is 67.6 Å². The van der Waals surface area contributed by atoms with Gasteiger partial charge in [0.2, 0.25) is 5.91 Å². The van der Waals surface area contributed by atoms with Gasteiger partial charge in [-0.05, 0) is 43.6 Å². The Morgan fingerprint density at radius 1 is 1.32 bits per heavy atom. The Kier molecular flexibility index (Phi) is 8.24. The van der Waals surface area contributed by atoms with E-state index in [4.69, 9.17) is 10.5 Å². The molecule has 22 heavy (non-hydrogen) atoms. The molecule has 1 amide bonds. The first-order chi connectivity index (χ1) is 10.2. The second kappa shape index (κ2) is 9.66. The van der Waals surface area contributed by atoms with Crippen molar-refractivity contribution in [3.63, 3.8) is 0 Å². The van der Waals surface area contributed by atoms with Crippen LogP contribution in [0.5, 0.6) is 5.75 Å². The smallest absolute Gasteiger partial charge is 0.221 e. The van der Waals surface area contributed by atoms with E-state index in [1.807, 2.05) is 12.1 Å². The van der Waals surface area contributed by atoms with Gasteiger partial charge in [-0.3, -0.25) is 9.69 Å². The maximum Gasteiger partial charge on any atom is 0.221 e. The number of hydrogen-bond acceptors (Lipinski definition) is 4. The molecule has 0 radical (unpaired) electrons. The van der Waals surface area contributed by atoms with Crippen LogP contribution in [0.25, 0.3) is 0 Å². The van der Waals surface area contributed by atoms with E-state index < -0.39 is 0 Å². The molecule has 0 saturated carbocycles. The van der Waals surface area contributed by atoms with Crippen molar-refractivity contribution in [3.8, 4) is 5.75 Å². The van der Waals surface area contributed by atoms with E-state index in [0.717, 1.165) is 18.8 Å². The van der Waals surface area contributed by atoms with Crippen LogP contribution in [0.15, 0.2) is 24.3 Å². The molecule has 1 saturated heterocycles. The fourth-order valence-electron chi connectivity index (χ4n) is 2.77. The van der Waals surface area contributed by atoms with Gasteiger partial charge in [0.25, 0.3) is 0 Å². The Labute approximate surface area is 138 Å². The second-order valence-corrected chi connectivity index (χ2v) is 5.37. The SMILES string of the molecule is COc1ccc(C(CNC(=O)CCN)N2CCCC2)cc1.Cl. The summed E-state index contributed by atoms with van der Waals surface area (Å²) in [6.45, 7) is 3.20. The summed E-state index contributed by atoms with van der Waals surface area (Å²) in [5.74, 6) is 0.876. The van der Waals surface area contributed by atoms with Crippen molar-refractivity contribution in [3.05, 3.63) is 29.8 Å². The van der Waals surface area contributed by atoms with Gasteiger partial charge in [-0.25, -0.2) is 0 Å². The number of nitrogens with one attached hydrogen (secondary N) is 1. The third-order valence-electron chi connectivity index (χ3n) is 3.95. The maximum absolute atomic E-state index is 11.7. The van der Waals surface area contributed by atoms with Gasteiger partial charge in [-0.1, -0.05) is 12.1 Å². The number of amides is 1. The van der Waals surface area contributed by atoms with Gasteiger partial charge in [-0.15, -0.1) is 12.4 Å². The fourth-order valence-corrected chi connectivity index (χ4v) is 2.77. The zero-order chi connectivity index (χ0) is 15.1. The largest absolute Gasteiger partial charge is 0.497 e. The lowest BCUT2D eigenvalue weighted by atomic mass is 10.1. The van der Waals surface area contributed by atoms with Gasteiger partial charge < -0.3 is 15.8 Å². The number of halogens is 1. The van der Waals surface area contributed by atoms with Gasteiger partial charge in [-0.2, -0.15) is 0 Å². The van der Waals surface area contributed by atoms with Crippen LogP contribution < -0.4 is 15.8 Å². The van der Waals surface area contributed by atoms with Gasteiger partial charge in [0, 0.05) is 19.5 Å². The predicted octanol–water partition coefficient (Wildman–Crippen LogP) is 1.72. The minimum Gasteiger partial charge on any atom is -0.497 e. The highest BCUT2D eigenvalue weighted by molar-refractivity contribution is 5.85. The van der Waals surface area contributed by atoms with Gasteiger partial charge >= 0.3 is 0 Å². The first kappa shape index (κ1) is 18.7. The number of carbonyl (C=O) groups excluding carboxylic acids is 1. The molecule has 1 aliphatic rings. The Morgan fingerprint density at radius 2 is 1.95 bits per heavy atom. The molecule has 1 aliphatic heterocycles. The number of likely N-dealkylation sites (tertiary alicyclic amines) is 1. The van der Waals surface area contributed by atoms with Crippen molar-refractivity contribution in [2.24, 2.45) is 5.73 Å². The van der Waals surface area contributed by atoms with E-state index in [0.29, 0.717) is 19.5 Å². The first-order valence-corrected chi connectivity index (χ1v) is 7.59. The minimum atomic E-state index is 0. The molecule has 0 aromatic heterocycles. The molecule has 0 bridgehead atoms. The number of methoxy groups -OCH3 is 1. The van der Waals surface area contributed by atoms with Gasteiger partial charge in [0.05, 0.1) is 13.2 Å². The number of carbonyl (C=O) groups is 1. The number of hydrogen-bond donors (Lipinski definition) is 2. The van der Waals surface area contributed by atoms with Crippen LogP contribution in [0.1, 0.15) is 30.9 Å². The van der Waals surface area contributed by atoms with Crippen LogP contribution in [0.3, 0.4) is 0 Å². The molecule has 1 atom stereocenters. The Bertz CT molecular complexity index is 447. The fraction of sp³-hybridized carbons (Fsp3) is 0.562. The number of nitrogens with two attached hydrogens (primary N) is 1. The Hall–Kier alpha value is -1.30. The first-order valence-electron chi connectivity index (χ1n) is 7.59. The van der Waals surface area contributed by atoms with Crippen LogP contribution in [-0.2, 0) is 4.79 Å². The standard InChI is InChI=1S/C16H25N3O2.ClH/c1-21-14-6-4-13(5-7-14)15(19-10-2-3-11-19)12-18-16(20)8-9-17;/h4-7,15H,2-3,8-12,17H2,1H3,(H,18,20);1H.